The number of hydrogen-bond acceptors (Lipinski definition) is 7. The molecule has 0 saturated heterocycles. The van der Waals surface area contributed by atoms with Crippen molar-refractivity contribution >= 4 is 50.7 Å². The molecule has 37 heavy (non-hydrogen) atoms. The molecule has 2 aromatic heterocycles. The van der Waals surface area contributed by atoms with E-state index in [4.69, 9.17) is 32.5 Å². The van der Waals surface area contributed by atoms with Gasteiger partial charge in [0.2, 0.25) is 0 Å². The molecule has 2 aliphatic rings. The van der Waals surface area contributed by atoms with E-state index in [0.717, 1.165) is 28.9 Å². The Morgan fingerprint density at radius 3 is 2.54 bits per heavy atom. The maximum Gasteiger partial charge on any atom is 0.335 e. The summed E-state index contributed by atoms with van der Waals surface area (Å²) in [6, 6.07) is 10.2. The van der Waals surface area contributed by atoms with Gasteiger partial charge in [0.05, 0.1) is 38.5 Å². The van der Waals surface area contributed by atoms with E-state index >= 15 is 0 Å². The van der Waals surface area contributed by atoms with E-state index in [0.29, 0.717) is 70.0 Å². The Bertz CT molecular complexity index is 1470. The summed E-state index contributed by atoms with van der Waals surface area (Å²) in [6.07, 6.45) is 4.43. The number of fused-ring (bicyclic) bond motifs is 1. The first-order valence-electron chi connectivity index (χ1n) is 12.2. The monoisotopic (exact) mass is 558 g/mol. The zero-order chi connectivity index (χ0) is 25.7. The molecule has 0 bridgehead atoms. The van der Waals surface area contributed by atoms with Crippen LogP contribution in [0.5, 0.6) is 0 Å². The predicted molar refractivity (Wildman–Crippen MR) is 141 cm³/mol. The van der Waals surface area contributed by atoms with Gasteiger partial charge in [0.1, 0.15) is 22.1 Å². The molecule has 2 aliphatic carbocycles. The van der Waals surface area contributed by atoms with Crippen LogP contribution in [0.15, 0.2) is 40.9 Å². The van der Waals surface area contributed by atoms with Gasteiger partial charge in [-0.05, 0) is 68.9 Å². The van der Waals surface area contributed by atoms with E-state index in [-0.39, 0.29) is 11.7 Å². The van der Waals surface area contributed by atoms with Gasteiger partial charge in [-0.15, -0.1) is 11.3 Å². The van der Waals surface area contributed by atoms with Crippen LogP contribution in [-0.4, -0.2) is 32.4 Å². The fourth-order valence-corrected chi connectivity index (χ4v) is 6.63. The molecule has 7 nitrogen and oxygen atoms in total. The second-order valence-corrected chi connectivity index (χ2v) is 11.6. The van der Waals surface area contributed by atoms with Crippen LogP contribution in [0.25, 0.3) is 21.5 Å². The van der Waals surface area contributed by atoms with Crippen molar-refractivity contribution in [3.63, 3.8) is 0 Å². The van der Waals surface area contributed by atoms with Gasteiger partial charge >= 0.3 is 5.97 Å². The Labute approximate surface area is 227 Å². The number of hydrogen-bond donors (Lipinski definition) is 2. The van der Waals surface area contributed by atoms with Crippen molar-refractivity contribution < 1.29 is 24.3 Å². The Kier molecular flexibility index (Phi) is 6.49. The lowest BCUT2D eigenvalue weighted by molar-refractivity contribution is -0.0640. The predicted octanol–water partition coefficient (Wildman–Crippen LogP) is 7.18. The zero-order valence-electron chi connectivity index (χ0n) is 19.7. The summed E-state index contributed by atoms with van der Waals surface area (Å²) in [6.45, 7) is 0.328. The molecule has 192 valence electrons. The summed E-state index contributed by atoms with van der Waals surface area (Å²) in [5.41, 5.74) is 1.89. The van der Waals surface area contributed by atoms with E-state index in [1.54, 1.807) is 36.4 Å². The van der Waals surface area contributed by atoms with Gasteiger partial charge in [-0.2, -0.15) is 0 Å². The van der Waals surface area contributed by atoms with Crippen LogP contribution in [0.4, 0.5) is 0 Å². The number of aromatic carboxylic acids is 1. The number of halogens is 2. The lowest BCUT2D eigenvalue weighted by atomic mass is 9.83. The number of carbonyl (C=O) groups is 1. The molecule has 2 fully saturated rings. The third-order valence-electron chi connectivity index (χ3n) is 7.22. The largest absolute Gasteiger partial charge is 0.478 e. The first kappa shape index (κ1) is 24.8. The first-order valence-corrected chi connectivity index (χ1v) is 13.8. The second kappa shape index (κ2) is 9.67. The van der Waals surface area contributed by atoms with E-state index in [1.807, 2.05) is 0 Å². The molecule has 2 heterocycles. The highest BCUT2D eigenvalue weighted by atomic mass is 35.5. The molecule has 2 aromatic carbocycles. The molecule has 0 aliphatic heterocycles. The van der Waals surface area contributed by atoms with Crippen LogP contribution in [0.3, 0.4) is 0 Å². The minimum absolute atomic E-state index is 0.0372. The minimum Gasteiger partial charge on any atom is -0.478 e. The van der Waals surface area contributed by atoms with Gasteiger partial charge in [0, 0.05) is 17.0 Å². The van der Waals surface area contributed by atoms with Crippen LogP contribution in [0.1, 0.15) is 71.1 Å². The molecule has 0 spiro atoms. The summed E-state index contributed by atoms with van der Waals surface area (Å²) in [5.74, 6) is 0.192. The van der Waals surface area contributed by atoms with Gasteiger partial charge in [-0.1, -0.05) is 34.4 Å². The SMILES string of the molecule is O=C(O)c1ccc2sc(C3(O)CCC(OCc4c(-c5c(Cl)cccc5Cl)noc4C4CC4)CC3)nc2c1. The lowest BCUT2D eigenvalue weighted by Crippen LogP contribution is -2.34. The van der Waals surface area contributed by atoms with Crippen molar-refractivity contribution in [3.05, 3.63) is 68.3 Å². The van der Waals surface area contributed by atoms with Gasteiger partial charge in [0.25, 0.3) is 0 Å². The normalized spacial score (nSPS) is 22.0. The highest BCUT2D eigenvalue weighted by Crippen LogP contribution is 2.47. The van der Waals surface area contributed by atoms with E-state index in [9.17, 15) is 15.0 Å². The number of ether oxygens (including phenoxy) is 1. The molecule has 10 heteroatoms. The van der Waals surface area contributed by atoms with Crippen LogP contribution < -0.4 is 0 Å². The van der Waals surface area contributed by atoms with E-state index in [1.165, 1.54) is 11.3 Å². The van der Waals surface area contributed by atoms with Crippen molar-refractivity contribution in [3.8, 4) is 11.3 Å². The van der Waals surface area contributed by atoms with Gasteiger partial charge < -0.3 is 19.5 Å². The quantitative estimate of drug-likeness (QED) is 0.247. The average Bonchev–Trinajstić information content (AvgIpc) is 3.49. The number of carboxylic acids is 1. The standard InChI is InChI=1S/C27H24Cl2N2O5S/c28-18-2-1-3-19(29)22(18)23-17(24(36-31-23)14-4-5-14)13-35-16-8-10-27(34,11-9-16)26-30-20-12-15(25(32)33)6-7-21(20)37-26/h1-3,6-7,12,14,16,34H,4-5,8-11,13H2,(H,32,33). The molecule has 6 rings (SSSR count). The summed E-state index contributed by atoms with van der Waals surface area (Å²) in [5, 5.41) is 26.6. The summed E-state index contributed by atoms with van der Waals surface area (Å²) in [4.78, 5) is 15.9. The molecule has 2 saturated carbocycles. The third kappa shape index (κ3) is 4.77. The molecular weight excluding hydrogens is 535 g/mol. The first-order chi connectivity index (χ1) is 17.8. The second-order valence-electron chi connectivity index (χ2n) is 9.79. The highest BCUT2D eigenvalue weighted by Gasteiger charge is 2.39. The number of thiazole rings is 1. The van der Waals surface area contributed by atoms with E-state index < -0.39 is 11.6 Å². The Morgan fingerprint density at radius 1 is 1.14 bits per heavy atom. The maximum atomic E-state index is 11.4. The van der Waals surface area contributed by atoms with Crippen LogP contribution in [-0.2, 0) is 16.9 Å². The van der Waals surface area contributed by atoms with Crippen molar-refractivity contribution in [2.24, 2.45) is 0 Å². The number of aliphatic hydroxyl groups is 1. The highest BCUT2D eigenvalue weighted by molar-refractivity contribution is 7.18. The number of rotatable bonds is 7. The van der Waals surface area contributed by atoms with Crippen LogP contribution in [0, 0.1) is 0 Å². The molecule has 4 aromatic rings. The molecular formula is C27H24Cl2N2O5S. The van der Waals surface area contributed by atoms with Gasteiger partial charge in [0.15, 0.2) is 0 Å². The van der Waals surface area contributed by atoms with Crippen LogP contribution in [0.2, 0.25) is 10.0 Å². The summed E-state index contributed by atoms with van der Waals surface area (Å²) >= 11 is 14.3. The smallest absolute Gasteiger partial charge is 0.335 e. The fourth-order valence-electron chi connectivity index (χ4n) is 4.96. The van der Waals surface area contributed by atoms with Gasteiger partial charge in [-0.25, -0.2) is 9.78 Å². The average molecular weight is 559 g/mol. The van der Waals surface area contributed by atoms with E-state index in [2.05, 4.69) is 10.1 Å². The number of benzene rings is 2. The fraction of sp³-hybridized carbons (Fsp3) is 0.370. The van der Waals surface area contributed by atoms with Crippen molar-refractivity contribution in [1.29, 1.82) is 0 Å². The van der Waals surface area contributed by atoms with Crippen molar-refractivity contribution in [2.45, 2.75) is 62.8 Å². The van der Waals surface area contributed by atoms with Crippen molar-refractivity contribution in [2.75, 3.05) is 0 Å². The third-order valence-corrected chi connectivity index (χ3v) is 9.08. The zero-order valence-corrected chi connectivity index (χ0v) is 22.1. The molecule has 0 unspecified atom stereocenters. The molecule has 0 radical (unpaired) electrons. The maximum absolute atomic E-state index is 11.4. The Balaban J connectivity index is 1.17. The molecule has 0 atom stereocenters. The number of carboxylic acid groups (broad SMARTS) is 1. The number of aromatic nitrogens is 2. The van der Waals surface area contributed by atoms with Crippen LogP contribution >= 0.6 is 34.5 Å². The van der Waals surface area contributed by atoms with Gasteiger partial charge in [-0.3, -0.25) is 0 Å². The Hall–Kier alpha value is -2.49. The minimum atomic E-state index is -1.06. The topological polar surface area (TPSA) is 106 Å². The summed E-state index contributed by atoms with van der Waals surface area (Å²) in [7, 11) is 0. The van der Waals surface area contributed by atoms with Crippen molar-refractivity contribution in [1.82, 2.24) is 10.1 Å². The lowest BCUT2D eigenvalue weighted by Gasteiger charge is -2.34. The number of nitrogens with zero attached hydrogens (tertiary/aromatic N) is 2. The molecule has 2 N–H and O–H groups in total. The molecule has 0 amide bonds. The summed E-state index contributed by atoms with van der Waals surface area (Å²) < 4.78 is 12.9. The Morgan fingerprint density at radius 2 is 1.86 bits per heavy atom.